The SMILES string of the molecule is CN(C)c1ccc(C=CC=CC23OCCN2c2ccc(S(=O)(=O)CC(=O)NCC[SiH3])cc2C3(C)C)cc1. The van der Waals surface area contributed by atoms with Crippen molar-refractivity contribution >= 4 is 43.4 Å². The highest BCUT2D eigenvalue weighted by Crippen LogP contribution is 2.55. The van der Waals surface area contributed by atoms with Crippen molar-refractivity contribution in [1.29, 1.82) is 0 Å². The lowest BCUT2D eigenvalue weighted by Gasteiger charge is -2.39. The van der Waals surface area contributed by atoms with E-state index in [1.54, 1.807) is 12.1 Å². The van der Waals surface area contributed by atoms with Gasteiger partial charge in [0.05, 0.1) is 11.5 Å². The molecule has 198 valence electrons. The molecule has 0 radical (unpaired) electrons. The average molecular weight is 540 g/mol. The van der Waals surface area contributed by atoms with Gasteiger partial charge in [-0.05, 0) is 53.6 Å². The Morgan fingerprint density at radius 1 is 1.16 bits per heavy atom. The summed E-state index contributed by atoms with van der Waals surface area (Å²) in [5.41, 5.74) is 2.88. The van der Waals surface area contributed by atoms with Crippen LogP contribution >= 0.6 is 0 Å². The second-order valence-electron chi connectivity index (χ2n) is 10.3. The maximum Gasteiger partial charge on any atom is 0.235 e. The molecule has 1 N–H and O–H groups in total. The number of sulfone groups is 1. The van der Waals surface area contributed by atoms with E-state index in [0.717, 1.165) is 38.8 Å². The summed E-state index contributed by atoms with van der Waals surface area (Å²) in [6, 6.07) is 14.4. The van der Waals surface area contributed by atoms with Crippen molar-refractivity contribution in [1.82, 2.24) is 5.32 Å². The maximum absolute atomic E-state index is 13.0. The molecule has 0 aromatic heterocycles. The summed E-state index contributed by atoms with van der Waals surface area (Å²) in [6.45, 7) is 5.99. The lowest BCUT2D eigenvalue weighted by atomic mass is 9.77. The van der Waals surface area contributed by atoms with E-state index < -0.39 is 32.6 Å². The van der Waals surface area contributed by atoms with Gasteiger partial charge in [0.2, 0.25) is 5.91 Å². The fourth-order valence-corrected chi connectivity index (χ4v) is 6.58. The summed E-state index contributed by atoms with van der Waals surface area (Å²) < 4.78 is 32.4. The van der Waals surface area contributed by atoms with Crippen LogP contribution in [0.4, 0.5) is 11.4 Å². The van der Waals surface area contributed by atoms with Crippen molar-refractivity contribution in [3.63, 3.8) is 0 Å². The Hall–Kier alpha value is -2.88. The van der Waals surface area contributed by atoms with E-state index in [0.29, 0.717) is 19.7 Å². The van der Waals surface area contributed by atoms with Gasteiger partial charge < -0.3 is 19.9 Å². The third-order valence-electron chi connectivity index (χ3n) is 7.25. The molecule has 2 aromatic carbocycles. The monoisotopic (exact) mass is 539 g/mol. The number of carbonyl (C=O) groups excluding carboxylic acids is 1. The van der Waals surface area contributed by atoms with Crippen LogP contribution in [0.15, 0.2) is 65.6 Å². The van der Waals surface area contributed by atoms with Gasteiger partial charge in [-0.15, -0.1) is 0 Å². The highest BCUT2D eigenvalue weighted by molar-refractivity contribution is 7.92. The molecule has 2 heterocycles. The minimum Gasteiger partial charge on any atom is -0.378 e. The summed E-state index contributed by atoms with van der Waals surface area (Å²) in [5.74, 6) is -0.999. The zero-order valence-corrected chi connectivity index (χ0v) is 25.1. The Labute approximate surface area is 223 Å². The number of carbonyl (C=O) groups is 1. The highest BCUT2D eigenvalue weighted by Gasteiger charge is 2.59. The lowest BCUT2D eigenvalue weighted by molar-refractivity contribution is -0.118. The maximum atomic E-state index is 13.0. The van der Waals surface area contributed by atoms with Gasteiger partial charge in [-0.2, -0.15) is 0 Å². The van der Waals surface area contributed by atoms with Gasteiger partial charge in [0.15, 0.2) is 15.6 Å². The number of fused-ring (bicyclic) bond motifs is 3. The zero-order chi connectivity index (χ0) is 26.8. The Morgan fingerprint density at radius 2 is 1.89 bits per heavy atom. The highest BCUT2D eigenvalue weighted by atomic mass is 32.2. The van der Waals surface area contributed by atoms with Gasteiger partial charge >= 0.3 is 0 Å². The van der Waals surface area contributed by atoms with Crippen molar-refractivity contribution in [2.75, 3.05) is 49.3 Å². The number of ether oxygens (including phenoxy) is 1. The normalized spacial score (nSPS) is 20.5. The number of benzene rings is 2. The molecule has 4 rings (SSSR count). The molecule has 37 heavy (non-hydrogen) atoms. The van der Waals surface area contributed by atoms with Crippen LogP contribution in [0, 0.1) is 0 Å². The number of rotatable bonds is 9. The van der Waals surface area contributed by atoms with Gasteiger partial charge in [0.25, 0.3) is 0 Å². The van der Waals surface area contributed by atoms with Crippen LogP contribution in [0.1, 0.15) is 25.0 Å². The molecule has 2 aromatic rings. The smallest absolute Gasteiger partial charge is 0.235 e. The molecule has 7 nitrogen and oxygen atoms in total. The molecule has 1 atom stereocenters. The Balaban J connectivity index is 1.59. The van der Waals surface area contributed by atoms with Crippen molar-refractivity contribution in [3.8, 4) is 0 Å². The van der Waals surface area contributed by atoms with Crippen molar-refractivity contribution < 1.29 is 17.9 Å². The standard InChI is InChI=1S/C28H37N3O4SSi/c1-27(2)24-19-23(36(33,34)20-26(32)29-15-18-37)12-13-25(24)31-16-17-35-28(27,31)14-6-5-7-21-8-10-22(11-9-21)30(3)4/h5-14,19H,15-18,20H2,1-4,37H3,(H,29,32). The van der Waals surface area contributed by atoms with E-state index in [4.69, 9.17) is 4.74 Å². The van der Waals surface area contributed by atoms with Gasteiger partial charge in [0, 0.05) is 54.2 Å². The van der Waals surface area contributed by atoms with Crippen LogP contribution in [0.25, 0.3) is 6.08 Å². The van der Waals surface area contributed by atoms with Crippen LogP contribution < -0.4 is 15.1 Å². The summed E-state index contributed by atoms with van der Waals surface area (Å²) in [5, 5.41) is 2.68. The second kappa shape index (κ2) is 10.5. The first-order valence-corrected chi connectivity index (χ1v) is 15.8. The van der Waals surface area contributed by atoms with Crippen molar-refractivity contribution in [2.45, 2.75) is 35.9 Å². The minimum absolute atomic E-state index is 0.168. The number of nitrogens with zero attached hydrogens (tertiary/aromatic N) is 2. The molecular weight excluding hydrogens is 502 g/mol. The summed E-state index contributed by atoms with van der Waals surface area (Å²) >= 11 is 0. The first-order valence-electron chi connectivity index (χ1n) is 12.7. The number of hydrogen-bond donors (Lipinski definition) is 1. The fraction of sp³-hybridized carbons (Fsp3) is 0.393. The van der Waals surface area contributed by atoms with Crippen LogP contribution in [0.2, 0.25) is 6.04 Å². The molecule has 2 aliphatic heterocycles. The van der Waals surface area contributed by atoms with Gasteiger partial charge in [-0.25, -0.2) is 8.42 Å². The molecular formula is C28H37N3O4SSi. The molecule has 0 bridgehead atoms. The topological polar surface area (TPSA) is 79.0 Å². The molecule has 9 heteroatoms. The van der Waals surface area contributed by atoms with E-state index >= 15 is 0 Å². The van der Waals surface area contributed by atoms with Crippen LogP contribution in [0.3, 0.4) is 0 Å². The van der Waals surface area contributed by atoms with E-state index in [9.17, 15) is 13.2 Å². The van der Waals surface area contributed by atoms with Gasteiger partial charge in [-0.1, -0.05) is 44.2 Å². The molecule has 1 saturated heterocycles. The van der Waals surface area contributed by atoms with E-state index in [1.807, 2.05) is 32.3 Å². The number of allylic oxidation sites excluding steroid dienone is 2. The molecule has 0 saturated carbocycles. The van der Waals surface area contributed by atoms with Crippen LogP contribution in [-0.2, 0) is 24.8 Å². The summed E-state index contributed by atoms with van der Waals surface area (Å²) in [7, 11) is 1.24. The predicted molar refractivity (Wildman–Crippen MR) is 154 cm³/mol. The van der Waals surface area contributed by atoms with Crippen molar-refractivity contribution in [2.24, 2.45) is 0 Å². The quantitative estimate of drug-likeness (QED) is 0.390. The predicted octanol–water partition coefficient (Wildman–Crippen LogP) is 2.52. The van der Waals surface area contributed by atoms with E-state index in [2.05, 4.69) is 65.4 Å². The van der Waals surface area contributed by atoms with Crippen LogP contribution in [0.5, 0.6) is 0 Å². The Morgan fingerprint density at radius 3 is 2.57 bits per heavy atom. The van der Waals surface area contributed by atoms with Gasteiger partial charge in [-0.3, -0.25) is 4.79 Å². The minimum atomic E-state index is -3.76. The molecule has 1 amide bonds. The van der Waals surface area contributed by atoms with Gasteiger partial charge in [0.1, 0.15) is 5.75 Å². The first-order chi connectivity index (χ1) is 17.5. The lowest BCUT2D eigenvalue weighted by Crippen LogP contribution is -2.51. The first kappa shape index (κ1) is 27.2. The molecule has 1 fully saturated rings. The third kappa shape index (κ3) is 5.12. The number of amides is 1. The average Bonchev–Trinajstić information content (AvgIpc) is 3.36. The number of nitrogens with one attached hydrogen (secondary N) is 1. The van der Waals surface area contributed by atoms with Crippen LogP contribution in [-0.4, -0.2) is 69.8 Å². The second-order valence-corrected chi connectivity index (χ2v) is 13.3. The molecule has 0 aliphatic carbocycles. The number of anilines is 2. The molecule has 0 spiro atoms. The Kier molecular flexibility index (Phi) is 7.69. The third-order valence-corrected chi connectivity index (χ3v) is 9.36. The zero-order valence-electron chi connectivity index (χ0n) is 22.3. The van der Waals surface area contributed by atoms with Crippen molar-refractivity contribution in [3.05, 3.63) is 71.8 Å². The Bertz CT molecular complexity index is 1320. The fourth-order valence-electron chi connectivity index (χ4n) is 5.15. The van der Waals surface area contributed by atoms with E-state index in [-0.39, 0.29) is 4.90 Å². The molecule has 2 aliphatic rings. The molecule has 1 unspecified atom stereocenters. The number of hydrogen-bond acceptors (Lipinski definition) is 6. The van der Waals surface area contributed by atoms with E-state index in [1.165, 1.54) is 0 Å². The summed E-state index contributed by atoms with van der Waals surface area (Å²) in [4.78, 5) is 16.6. The summed E-state index contributed by atoms with van der Waals surface area (Å²) in [6.07, 6.45) is 8.13. The largest absolute Gasteiger partial charge is 0.378 e.